The van der Waals surface area contributed by atoms with Crippen LogP contribution in [0.5, 0.6) is 0 Å². The number of benzene rings is 1. The van der Waals surface area contributed by atoms with Gasteiger partial charge in [0, 0.05) is 6.42 Å². The van der Waals surface area contributed by atoms with E-state index >= 15 is 0 Å². The molecule has 0 amide bonds. The summed E-state index contributed by atoms with van der Waals surface area (Å²) in [4.78, 5) is 0. The molecule has 1 N–H and O–H groups in total. The third-order valence-corrected chi connectivity index (χ3v) is 2.84. The van der Waals surface area contributed by atoms with Gasteiger partial charge in [0.05, 0.1) is 5.69 Å². The van der Waals surface area contributed by atoms with Crippen molar-refractivity contribution in [2.45, 2.75) is 26.7 Å². The van der Waals surface area contributed by atoms with Crippen LogP contribution < -0.4 is 5.32 Å². The van der Waals surface area contributed by atoms with Crippen molar-refractivity contribution in [2.24, 2.45) is 5.92 Å². The normalized spacial score (nSPS) is 11.1. The van der Waals surface area contributed by atoms with Crippen molar-refractivity contribution in [3.63, 3.8) is 0 Å². The maximum Gasteiger partial charge on any atom is 0.156 e. The van der Waals surface area contributed by atoms with E-state index in [1.165, 1.54) is 0 Å². The molecule has 0 aliphatic heterocycles. The third kappa shape index (κ3) is 4.13. The average molecular weight is 259 g/mol. The highest BCUT2D eigenvalue weighted by Gasteiger charge is 2.07. The molecule has 0 unspecified atom stereocenters. The smallest absolute Gasteiger partial charge is 0.156 e. The van der Waals surface area contributed by atoms with Crippen molar-refractivity contribution in [3.8, 4) is 5.69 Å². The summed E-state index contributed by atoms with van der Waals surface area (Å²) in [7, 11) is 0. The molecule has 0 atom stereocenters. The molecule has 0 aliphatic rings. The molecule has 102 valence electrons. The molecule has 1 aromatic carbocycles. The molecule has 0 spiro atoms. The van der Waals surface area contributed by atoms with Crippen molar-refractivity contribution in [1.82, 2.24) is 25.5 Å². The number of hydrogen-bond acceptors (Lipinski definition) is 4. The van der Waals surface area contributed by atoms with Gasteiger partial charge in [0.15, 0.2) is 5.82 Å². The first-order valence-corrected chi connectivity index (χ1v) is 6.81. The summed E-state index contributed by atoms with van der Waals surface area (Å²) >= 11 is 0. The Hall–Kier alpha value is -1.75. The van der Waals surface area contributed by atoms with Crippen LogP contribution in [0.15, 0.2) is 30.3 Å². The average Bonchev–Trinajstić information content (AvgIpc) is 2.87. The Kier molecular flexibility index (Phi) is 5.03. The predicted octanol–water partition coefficient (Wildman–Crippen LogP) is 1.84. The second-order valence-corrected chi connectivity index (χ2v) is 5.04. The van der Waals surface area contributed by atoms with Gasteiger partial charge >= 0.3 is 0 Å². The quantitative estimate of drug-likeness (QED) is 0.771. The summed E-state index contributed by atoms with van der Waals surface area (Å²) < 4.78 is 1.81. The number of tetrazole rings is 1. The lowest BCUT2D eigenvalue weighted by atomic mass is 10.2. The van der Waals surface area contributed by atoms with Gasteiger partial charge in [-0.2, -0.15) is 4.68 Å². The lowest BCUT2D eigenvalue weighted by molar-refractivity contribution is 0.539. The molecule has 1 aromatic heterocycles. The second-order valence-electron chi connectivity index (χ2n) is 5.04. The highest BCUT2D eigenvalue weighted by molar-refractivity contribution is 5.30. The van der Waals surface area contributed by atoms with Gasteiger partial charge in [-0.1, -0.05) is 32.0 Å². The fourth-order valence-corrected chi connectivity index (χ4v) is 1.89. The second kappa shape index (κ2) is 6.99. The Labute approximate surface area is 114 Å². The maximum absolute atomic E-state index is 4.10. The molecule has 0 radical (unpaired) electrons. The van der Waals surface area contributed by atoms with E-state index in [9.17, 15) is 0 Å². The van der Waals surface area contributed by atoms with Gasteiger partial charge in [-0.15, -0.1) is 5.10 Å². The highest BCUT2D eigenvalue weighted by Crippen LogP contribution is 2.08. The summed E-state index contributed by atoms with van der Waals surface area (Å²) in [5.74, 6) is 1.60. The Balaban J connectivity index is 1.87. The van der Waals surface area contributed by atoms with E-state index in [1.807, 2.05) is 35.0 Å². The molecule has 5 nitrogen and oxygen atoms in total. The number of hydrogen-bond donors (Lipinski definition) is 1. The Bertz CT molecular complexity index is 478. The fourth-order valence-electron chi connectivity index (χ4n) is 1.89. The molecule has 2 rings (SSSR count). The van der Waals surface area contributed by atoms with Crippen molar-refractivity contribution < 1.29 is 0 Å². The lowest BCUT2D eigenvalue weighted by Crippen LogP contribution is -2.21. The number of aryl methyl sites for hydroxylation is 1. The monoisotopic (exact) mass is 259 g/mol. The summed E-state index contributed by atoms with van der Waals surface area (Å²) in [6.45, 7) is 6.48. The first kappa shape index (κ1) is 13.7. The summed E-state index contributed by atoms with van der Waals surface area (Å²) in [6.07, 6.45) is 1.92. The summed E-state index contributed by atoms with van der Waals surface area (Å²) in [5.41, 5.74) is 1.01. The van der Waals surface area contributed by atoms with Crippen LogP contribution >= 0.6 is 0 Å². The molecule has 0 aliphatic carbocycles. The zero-order valence-electron chi connectivity index (χ0n) is 11.6. The Morgan fingerprint density at radius 2 is 2.00 bits per heavy atom. The van der Waals surface area contributed by atoms with Crippen LogP contribution in [0.25, 0.3) is 5.69 Å². The van der Waals surface area contributed by atoms with Crippen molar-refractivity contribution in [3.05, 3.63) is 36.2 Å². The number of aromatic nitrogens is 4. The van der Waals surface area contributed by atoms with Gasteiger partial charge in [0.25, 0.3) is 0 Å². The van der Waals surface area contributed by atoms with Crippen LogP contribution in [0.4, 0.5) is 0 Å². The van der Waals surface area contributed by atoms with Crippen molar-refractivity contribution >= 4 is 0 Å². The van der Waals surface area contributed by atoms with Crippen LogP contribution in [-0.2, 0) is 6.42 Å². The fraction of sp³-hybridized carbons (Fsp3) is 0.500. The van der Waals surface area contributed by atoms with Gasteiger partial charge in [-0.25, -0.2) is 0 Å². The molecule has 0 fully saturated rings. The van der Waals surface area contributed by atoms with Gasteiger partial charge < -0.3 is 5.32 Å². The minimum atomic E-state index is 0.689. The third-order valence-electron chi connectivity index (χ3n) is 2.84. The Morgan fingerprint density at radius 3 is 2.74 bits per heavy atom. The van der Waals surface area contributed by atoms with Gasteiger partial charge in [-0.3, -0.25) is 0 Å². The van der Waals surface area contributed by atoms with E-state index in [4.69, 9.17) is 0 Å². The van der Waals surface area contributed by atoms with E-state index in [0.717, 1.165) is 37.4 Å². The van der Waals surface area contributed by atoms with Crippen LogP contribution in [-0.4, -0.2) is 33.3 Å². The molecule has 2 aromatic rings. The molecular formula is C14H21N5. The molecule has 0 saturated heterocycles. The van der Waals surface area contributed by atoms with Crippen LogP contribution in [0, 0.1) is 5.92 Å². The molecule has 0 bridgehead atoms. The van der Waals surface area contributed by atoms with E-state index in [-0.39, 0.29) is 0 Å². The largest absolute Gasteiger partial charge is 0.316 e. The zero-order valence-corrected chi connectivity index (χ0v) is 11.6. The van der Waals surface area contributed by atoms with E-state index < -0.39 is 0 Å². The molecule has 19 heavy (non-hydrogen) atoms. The first-order chi connectivity index (χ1) is 9.27. The highest BCUT2D eigenvalue weighted by atomic mass is 15.5. The van der Waals surface area contributed by atoms with Crippen LogP contribution in [0.1, 0.15) is 26.1 Å². The molecule has 5 heteroatoms. The number of nitrogens with zero attached hydrogens (tertiary/aromatic N) is 4. The SMILES string of the molecule is CC(C)CNCCCc1nnnn1-c1ccccc1. The predicted molar refractivity (Wildman–Crippen MR) is 75.2 cm³/mol. The van der Waals surface area contributed by atoms with Crippen LogP contribution in [0.2, 0.25) is 0 Å². The molecule has 0 saturated carbocycles. The standard InChI is InChI=1S/C14H21N5/c1-12(2)11-15-10-6-9-14-16-17-18-19(14)13-7-4-3-5-8-13/h3-5,7-8,12,15H,6,9-11H2,1-2H3. The number of nitrogens with one attached hydrogen (secondary N) is 1. The minimum absolute atomic E-state index is 0.689. The number of rotatable bonds is 7. The minimum Gasteiger partial charge on any atom is -0.316 e. The van der Waals surface area contributed by atoms with E-state index in [1.54, 1.807) is 0 Å². The number of para-hydroxylation sites is 1. The van der Waals surface area contributed by atoms with E-state index in [0.29, 0.717) is 5.92 Å². The van der Waals surface area contributed by atoms with Gasteiger partial charge in [0.2, 0.25) is 0 Å². The van der Waals surface area contributed by atoms with Crippen LogP contribution in [0.3, 0.4) is 0 Å². The lowest BCUT2D eigenvalue weighted by Gasteiger charge is -2.07. The van der Waals surface area contributed by atoms with Gasteiger partial charge in [-0.05, 0) is 48.0 Å². The van der Waals surface area contributed by atoms with E-state index in [2.05, 4.69) is 34.7 Å². The summed E-state index contributed by atoms with van der Waals surface area (Å²) in [5, 5.41) is 15.3. The maximum atomic E-state index is 4.10. The topological polar surface area (TPSA) is 55.6 Å². The van der Waals surface area contributed by atoms with Crippen molar-refractivity contribution in [1.29, 1.82) is 0 Å². The first-order valence-electron chi connectivity index (χ1n) is 6.81. The zero-order chi connectivity index (χ0) is 13.5. The van der Waals surface area contributed by atoms with Crippen molar-refractivity contribution in [2.75, 3.05) is 13.1 Å². The summed E-state index contributed by atoms with van der Waals surface area (Å²) in [6, 6.07) is 9.99. The van der Waals surface area contributed by atoms with Gasteiger partial charge in [0.1, 0.15) is 0 Å². The molecule has 1 heterocycles. The Morgan fingerprint density at radius 1 is 1.21 bits per heavy atom. The molecular weight excluding hydrogens is 238 g/mol.